The standard InChI is InChI=1S/C32H36N4O4/c1-6-40-30-10-8-7-9-27(30)34-15-17-35(18-16-34)32(37)29-21-26(25-14-13-24(38-4)20-31(25)39-5)33-36(29)28-19-22(2)11-12-23(28)3/h7-14,19-21H,6,15-18H2,1-5H3. The van der Waals surface area contributed by atoms with Crippen LogP contribution in [0.25, 0.3) is 16.9 Å². The molecule has 3 aromatic carbocycles. The summed E-state index contributed by atoms with van der Waals surface area (Å²) in [6.07, 6.45) is 0. The van der Waals surface area contributed by atoms with Gasteiger partial charge in [0.15, 0.2) is 0 Å². The SMILES string of the molecule is CCOc1ccccc1N1CCN(C(=O)c2cc(-c3ccc(OC)cc3OC)nn2-c2cc(C)ccc2C)CC1. The number of nitrogens with zero attached hydrogens (tertiary/aromatic N) is 4. The summed E-state index contributed by atoms with van der Waals surface area (Å²) < 4.78 is 18.7. The molecular weight excluding hydrogens is 504 g/mol. The van der Waals surface area contributed by atoms with Crippen LogP contribution in [0.2, 0.25) is 0 Å². The number of hydrogen-bond acceptors (Lipinski definition) is 6. The summed E-state index contributed by atoms with van der Waals surface area (Å²) in [5, 5.41) is 4.95. The zero-order chi connectivity index (χ0) is 28.2. The number of benzene rings is 3. The molecule has 0 saturated carbocycles. The monoisotopic (exact) mass is 540 g/mol. The van der Waals surface area contributed by atoms with Gasteiger partial charge in [-0.2, -0.15) is 5.10 Å². The lowest BCUT2D eigenvalue weighted by molar-refractivity contribution is 0.0737. The first kappa shape index (κ1) is 27.1. The second-order valence-electron chi connectivity index (χ2n) is 9.86. The molecule has 0 bridgehead atoms. The number of carbonyl (C=O) groups is 1. The van der Waals surface area contributed by atoms with Crippen LogP contribution in [-0.4, -0.2) is 67.6 Å². The molecule has 0 N–H and O–H groups in total. The molecule has 1 aliphatic heterocycles. The Balaban J connectivity index is 1.48. The van der Waals surface area contributed by atoms with Gasteiger partial charge >= 0.3 is 0 Å². The Morgan fingerprint density at radius 1 is 0.850 bits per heavy atom. The summed E-state index contributed by atoms with van der Waals surface area (Å²) in [6, 6.07) is 21.7. The number of hydrogen-bond donors (Lipinski definition) is 0. The number of ether oxygens (including phenoxy) is 3. The first-order valence-corrected chi connectivity index (χ1v) is 13.6. The number of aryl methyl sites for hydroxylation is 2. The zero-order valence-electron chi connectivity index (χ0n) is 23.8. The van der Waals surface area contributed by atoms with Crippen molar-refractivity contribution in [1.82, 2.24) is 14.7 Å². The maximum Gasteiger partial charge on any atom is 0.272 e. The van der Waals surface area contributed by atoms with Crippen LogP contribution in [0.15, 0.2) is 66.7 Å². The van der Waals surface area contributed by atoms with Gasteiger partial charge in [0, 0.05) is 37.8 Å². The average molecular weight is 541 g/mol. The molecule has 5 rings (SSSR count). The Morgan fingerprint density at radius 2 is 1.62 bits per heavy atom. The van der Waals surface area contributed by atoms with Crippen LogP contribution in [-0.2, 0) is 0 Å². The van der Waals surface area contributed by atoms with Gasteiger partial charge in [0.25, 0.3) is 5.91 Å². The van der Waals surface area contributed by atoms with Crippen molar-refractivity contribution in [1.29, 1.82) is 0 Å². The molecule has 0 radical (unpaired) electrons. The van der Waals surface area contributed by atoms with Crippen LogP contribution in [0, 0.1) is 13.8 Å². The molecule has 1 amide bonds. The fraction of sp³-hybridized carbons (Fsp3) is 0.312. The van der Waals surface area contributed by atoms with Crippen molar-refractivity contribution < 1.29 is 19.0 Å². The van der Waals surface area contributed by atoms with E-state index in [1.165, 1.54) is 0 Å². The second-order valence-corrected chi connectivity index (χ2v) is 9.86. The minimum Gasteiger partial charge on any atom is -0.497 e. The third-order valence-corrected chi connectivity index (χ3v) is 7.28. The molecule has 4 aromatic rings. The lowest BCUT2D eigenvalue weighted by Crippen LogP contribution is -2.49. The van der Waals surface area contributed by atoms with Gasteiger partial charge in [-0.15, -0.1) is 0 Å². The number of amides is 1. The van der Waals surface area contributed by atoms with E-state index in [2.05, 4.69) is 29.2 Å². The number of anilines is 1. The van der Waals surface area contributed by atoms with E-state index in [1.54, 1.807) is 18.9 Å². The Bertz CT molecular complexity index is 1500. The van der Waals surface area contributed by atoms with Gasteiger partial charge in [0.2, 0.25) is 0 Å². The molecule has 0 unspecified atom stereocenters. The van der Waals surface area contributed by atoms with Crippen LogP contribution in [0.1, 0.15) is 28.5 Å². The quantitative estimate of drug-likeness (QED) is 0.293. The molecule has 0 atom stereocenters. The van der Waals surface area contributed by atoms with Crippen LogP contribution in [0.4, 0.5) is 5.69 Å². The summed E-state index contributed by atoms with van der Waals surface area (Å²) in [5.74, 6) is 2.14. The Kier molecular flexibility index (Phi) is 7.96. The van der Waals surface area contributed by atoms with E-state index in [4.69, 9.17) is 19.3 Å². The van der Waals surface area contributed by atoms with Crippen molar-refractivity contribution in [2.45, 2.75) is 20.8 Å². The molecule has 0 spiro atoms. The first-order chi connectivity index (χ1) is 19.4. The summed E-state index contributed by atoms with van der Waals surface area (Å²) >= 11 is 0. The smallest absolute Gasteiger partial charge is 0.272 e. The van der Waals surface area contributed by atoms with E-state index in [9.17, 15) is 4.79 Å². The van der Waals surface area contributed by atoms with Crippen molar-refractivity contribution in [3.63, 3.8) is 0 Å². The van der Waals surface area contributed by atoms with Gasteiger partial charge in [-0.3, -0.25) is 4.79 Å². The van der Waals surface area contributed by atoms with Crippen LogP contribution < -0.4 is 19.1 Å². The molecule has 2 heterocycles. The molecule has 1 aromatic heterocycles. The third kappa shape index (κ3) is 5.34. The molecule has 0 aliphatic carbocycles. The molecule has 1 aliphatic rings. The largest absolute Gasteiger partial charge is 0.497 e. The molecule has 40 heavy (non-hydrogen) atoms. The first-order valence-electron chi connectivity index (χ1n) is 13.6. The summed E-state index contributed by atoms with van der Waals surface area (Å²) in [4.78, 5) is 18.3. The van der Waals surface area contributed by atoms with Crippen LogP contribution >= 0.6 is 0 Å². The van der Waals surface area contributed by atoms with Gasteiger partial charge in [-0.1, -0.05) is 24.3 Å². The van der Waals surface area contributed by atoms with E-state index in [0.29, 0.717) is 55.7 Å². The number of carbonyl (C=O) groups excluding carboxylic acids is 1. The highest BCUT2D eigenvalue weighted by Gasteiger charge is 2.28. The van der Waals surface area contributed by atoms with Crippen molar-refractivity contribution in [2.24, 2.45) is 0 Å². The predicted octanol–water partition coefficient (Wildman–Crippen LogP) is 5.53. The van der Waals surface area contributed by atoms with Crippen molar-refractivity contribution >= 4 is 11.6 Å². The van der Waals surface area contributed by atoms with Crippen LogP contribution in [0.5, 0.6) is 17.2 Å². The zero-order valence-corrected chi connectivity index (χ0v) is 23.8. The van der Waals surface area contributed by atoms with Crippen molar-refractivity contribution in [3.8, 4) is 34.2 Å². The fourth-order valence-corrected chi connectivity index (χ4v) is 5.11. The van der Waals surface area contributed by atoms with Gasteiger partial charge in [-0.25, -0.2) is 4.68 Å². The summed E-state index contributed by atoms with van der Waals surface area (Å²) in [6.45, 7) is 9.30. The predicted molar refractivity (Wildman–Crippen MR) is 157 cm³/mol. The normalized spacial score (nSPS) is 13.3. The van der Waals surface area contributed by atoms with E-state index in [-0.39, 0.29) is 5.91 Å². The maximum absolute atomic E-state index is 14.1. The number of aromatic nitrogens is 2. The third-order valence-electron chi connectivity index (χ3n) is 7.28. The lowest BCUT2D eigenvalue weighted by atomic mass is 10.1. The van der Waals surface area contributed by atoms with Gasteiger partial charge in [-0.05, 0) is 68.3 Å². The molecular formula is C32H36N4O4. The average Bonchev–Trinajstić information content (AvgIpc) is 3.43. The van der Waals surface area contributed by atoms with Crippen molar-refractivity contribution in [2.75, 3.05) is 51.9 Å². The van der Waals surface area contributed by atoms with E-state index in [1.807, 2.05) is 68.1 Å². The van der Waals surface area contributed by atoms with E-state index < -0.39 is 0 Å². The topological polar surface area (TPSA) is 69.1 Å². The van der Waals surface area contributed by atoms with Gasteiger partial charge in [0.05, 0.1) is 37.9 Å². The van der Waals surface area contributed by atoms with Crippen molar-refractivity contribution in [3.05, 3.63) is 83.6 Å². The number of piperazine rings is 1. The highest BCUT2D eigenvalue weighted by molar-refractivity contribution is 5.95. The maximum atomic E-state index is 14.1. The second kappa shape index (κ2) is 11.7. The molecule has 1 fully saturated rings. The van der Waals surface area contributed by atoms with E-state index in [0.717, 1.165) is 33.8 Å². The molecule has 208 valence electrons. The molecule has 8 nitrogen and oxygen atoms in total. The minimum absolute atomic E-state index is 0.0510. The van der Waals surface area contributed by atoms with E-state index >= 15 is 0 Å². The lowest BCUT2D eigenvalue weighted by Gasteiger charge is -2.36. The Hall–Kier alpha value is -4.46. The Labute approximate surface area is 235 Å². The fourth-order valence-electron chi connectivity index (χ4n) is 5.11. The number of para-hydroxylation sites is 2. The number of rotatable bonds is 8. The summed E-state index contributed by atoms with van der Waals surface area (Å²) in [7, 11) is 3.24. The summed E-state index contributed by atoms with van der Waals surface area (Å²) in [5.41, 5.74) is 6.04. The molecule has 1 saturated heterocycles. The molecule has 8 heteroatoms. The highest BCUT2D eigenvalue weighted by atomic mass is 16.5. The van der Waals surface area contributed by atoms with Gasteiger partial charge < -0.3 is 24.0 Å². The minimum atomic E-state index is -0.0510. The Morgan fingerprint density at radius 3 is 2.35 bits per heavy atom. The van der Waals surface area contributed by atoms with Gasteiger partial charge in [0.1, 0.15) is 22.9 Å². The highest BCUT2D eigenvalue weighted by Crippen LogP contribution is 2.34. The van der Waals surface area contributed by atoms with Crippen LogP contribution in [0.3, 0.4) is 0 Å². The number of methoxy groups -OCH3 is 2.